The van der Waals surface area contributed by atoms with Crippen LogP contribution in [0, 0.1) is 0 Å². The summed E-state index contributed by atoms with van der Waals surface area (Å²) < 4.78 is 6.83. The van der Waals surface area contributed by atoms with E-state index >= 15 is 0 Å². The van der Waals surface area contributed by atoms with Gasteiger partial charge in [0.05, 0.1) is 23.9 Å². The van der Waals surface area contributed by atoms with Crippen molar-refractivity contribution in [2.24, 2.45) is 0 Å². The van der Waals surface area contributed by atoms with E-state index in [1.54, 1.807) is 23.9 Å². The molecule has 1 aromatic carbocycles. The normalized spacial score (nSPS) is 12.4. The molecule has 2 aromatic rings. The van der Waals surface area contributed by atoms with E-state index in [9.17, 15) is 0 Å². The van der Waals surface area contributed by atoms with Crippen molar-refractivity contribution in [3.8, 4) is 11.4 Å². The zero-order valence-corrected chi connectivity index (χ0v) is 11.1. The van der Waals surface area contributed by atoms with Gasteiger partial charge in [0.15, 0.2) is 5.82 Å². The Labute approximate surface area is 110 Å². The van der Waals surface area contributed by atoms with E-state index in [4.69, 9.17) is 16.3 Å². The van der Waals surface area contributed by atoms with Crippen LogP contribution in [0.25, 0.3) is 5.69 Å². The number of tetrazole rings is 1. The predicted molar refractivity (Wildman–Crippen MR) is 68.2 cm³/mol. The highest BCUT2D eigenvalue weighted by atomic mass is 35.5. The maximum Gasteiger partial charge on any atom is 0.173 e. The number of methoxy groups -OCH3 is 1. The van der Waals surface area contributed by atoms with Crippen molar-refractivity contribution in [3.05, 3.63) is 29.0 Å². The van der Waals surface area contributed by atoms with E-state index in [1.165, 1.54) is 0 Å². The predicted octanol–water partition coefficient (Wildman–Crippen LogP) is 1.60. The van der Waals surface area contributed by atoms with E-state index in [-0.39, 0.29) is 6.04 Å². The monoisotopic (exact) mass is 267 g/mol. The summed E-state index contributed by atoms with van der Waals surface area (Å²) in [6.45, 7) is 1.98. The van der Waals surface area contributed by atoms with Gasteiger partial charge in [-0.2, -0.15) is 4.68 Å². The largest absolute Gasteiger partial charge is 0.495 e. The van der Waals surface area contributed by atoms with E-state index in [2.05, 4.69) is 20.8 Å². The lowest BCUT2D eigenvalue weighted by Gasteiger charge is -2.11. The fourth-order valence-corrected chi connectivity index (χ4v) is 1.75. The zero-order chi connectivity index (χ0) is 13.1. The zero-order valence-electron chi connectivity index (χ0n) is 10.4. The van der Waals surface area contributed by atoms with E-state index in [0.29, 0.717) is 10.8 Å². The molecule has 1 heterocycles. The third-order valence-corrected chi connectivity index (χ3v) is 3.01. The van der Waals surface area contributed by atoms with Crippen molar-refractivity contribution in [2.75, 3.05) is 14.2 Å². The quantitative estimate of drug-likeness (QED) is 0.912. The second-order valence-electron chi connectivity index (χ2n) is 3.78. The van der Waals surface area contributed by atoms with Gasteiger partial charge in [-0.3, -0.25) is 0 Å². The molecule has 1 N–H and O–H groups in total. The fourth-order valence-electron chi connectivity index (χ4n) is 1.56. The minimum atomic E-state index is 0.0432. The number of halogens is 1. The summed E-state index contributed by atoms with van der Waals surface area (Å²) in [7, 11) is 3.42. The molecule has 0 aliphatic carbocycles. The molecule has 96 valence electrons. The van der Waals surface area contributed by atoms with Gasteiger partial charge in [-0.1, -0.05) is 11.6 Å². The van der Waals surface area contributed by atoms with E-state index < -0.39 is 0 Å². The van der Waals surface area contributed by atoms with Gasteiger partial charge in [-0.25, -0.2) is 0 Å². The molecule has 0 bridgehead atoms. The van der Waals surface area contributed by atoms with Gasteiger partial charge in [-0.15, -0.1) is 5.10 Å². The molecule has 0 radical (unpaired) electrons. The summed E-state index contributed by atoms with van der Waals surface area (Å²) >= 11 is 5.99. The molecule has 7 heteroatoms. The standard InChI is InChI=1S/C11H14ClN5O/c1-7(13-2)11-14-15-16-17(11)8-4-5-9(12)10(6-8)18-3/h4-7,13H,1-3H3. The number of nitrogens with zero attached hydrogens (tertiary/aromatic N) is 4. The van der Waals surface area contributed by atoms with Crippen molar-refractivity contribution in [3.63, 3.8) is 0 Å². The number of aromatic nitrogens is 4. The van der Waals surface area contributed by atoms with Gasteiger partial charge < -0.3 is 10.1 Å². The number of nitrogens with one attached hydrogen (secondary N) is 1. The highest BCUT2D eigenvalue weighted by Crippen LogP contribution is 2.27. The van der Waals surface area contributed by atoms with E-state index in [0.717, 1.165) is 11.5 Å². The summed E-state index contributed by atoms with van der Waals surface area (Å²) in [6.07, 6.45) is 0. The summed E-state index contributed by atoms with van der Waals surface area (Å²) in [6, 6.07) is 5.43. The first-order valence-electron chi connectivity index (χ1n) is 5.46. The first-order valence-corrected chi connectivity index (χ1v) is 5.84. The third kappa shape index (κ3) is 2.30. The van der Waals surface area contributed by atoms with Crippen LogP contribution in [0.1, 0.15) is 18.8 Å². The molecule has 0 aliphatic heterocycles. The van der Waals surface area contributed by atoms with Crippen LogP contribution in [0.3, 0.4) is 0 Å². The Hall–Kier alpha value is -1.66. The molecule has 2 rings (SSSR count). The molecule has 0 amide bonds. The summed E-state index contributed by atoms with van der Waals surface area (Å²) in [5.41, 5.74) is 0.804. The second-order valence-corrected chi connectivity index (χ2v) is 4.19. The maximum atomic E-state index is 5.99. The maximum absolute atomic E-state index is 5.99. The minimum absolute atomic E-state index is 0.0432. The Morgan fingerprint density at radius 2 is 2.22 bits per heavy atom. The Bertz CT molecular complexity index is 542. The average Bonchev–Trinajstić information content (AvgIpc) is 2.87. The third-order valence-electron chi connectivity index (χ3n) is 2.69. The van der Waals surface area contributed by atoms with Gasteiger partial charge in [-0.05, 0) is 36.5 Å². The molecule has 0 saturated carbocycles. The lowest BCUT2D eigenvalue weighted by Crippen LogP contribution is -2.17. The van der Waals surface area contributed by atoms with Gasteiger partial charge in [0.25, 0.3) is 0 Å². The first kappa shape index (κ1) is 12.8. The van der Waals surface area contributed by atoms with Gasteiger partial charge >= 0.3 is 0 Å². The van der Waals surface area contributed by atoms with Crippen LogP contribution in [-0.2, 0) is 0 Å². The van der Waals surface area contributed by atoms with Gasteiger partial charge in [0.2, 0.25) is 0 Å². The molecule has 1 unspecified atom stereocenters. The van der Waals surface area contributed by atoms with Crippen molar-refractivity contribution in [1.82, 2.24) is 25.5 Å². The lowest BCUT2D eigenvalue weighted by molar-refractivity contribution is 0.414. The Morgan fingerprint density at radius 1 is 1.44 bits per heavy atom. The number of hydrogen-bond acceptors (Lipinski definition) is 5. The van der Waals surface area contributed by atoms with Crippen LogP contribution in [0.15, 0.2) is 18.2 Å². The molecule has 1 aromatic heterocycles. The molecule has 18 heavy (non-hydrogen) atoms. The van der Waals surface area contributed by atoms with Crippen LogP contribution < -0.4 is 10.1 Å². The van der Waals surface area contributed by atoms with E-state index in [1.807, 2.05) is 20.0 Å². The van der Waals surface area contributed by atoms with Gasteiger partial charge in [0.1, 0.15) is 5.75 Å². The fraction of sp³-hybridized carbons (Fsp3) is 0.364. The molecule has 6 nitrogen and oxygen atoms in total. The molecular weight excluding hydrogens is 254 g/mol. The Kier molecular flexibility index (Phi) is 3.78. The van der Waals surface area contributed by atoms with Crippen molar-refractivity contribution in [2.45, 2.75) is 13.0 Å². The topological polar surface area (TPSA) is 64.9 Å². The van der Waals surface area contributed by atoms with Crippen molar-refractivity contribution < 1.29 is 4.74 Å². The highest BCUT2D eigenvalue weighted by molar-refractivity contribution is 6.32. The minimum Gasteiger partial charge on any atom is -0.495 e. The number of benzene rings is 1. The molecular formula is C11H14ClN5O. The molecule has 0 spiro atoms. The van der Waals surface area contributed by atoms with Crippen LogP contribution in [0.2, 0.25) is 5.02 Å². The van der Waals surface area contributed by atoms with Crippen molar-refractivity contribution >= 4 is 11.6 Å². The SMILES string of the molecule is CNC(C)c1nnnn1-c1ccc(Cl)c(OC)c1. The Morgan fingerprint density at radius 3 is 2.89 bits per heavy atom. The average molecular weight is 268 g/mol. The lowest BCUT2D eigenvalue weighted by atomic mass is 10.2. The molecule has 1 atom stereocenters. The summed E-state index contributed by atoms with van der Waals surface area (Å²) in [5.74, 6) is 1.31. The Balaban J connectivity index is 2.46. The highest BCUT2D eigenvalue weighted by Gasteiger charge is 2.15. The van der Waals surface area contributed by atoms with Crippen LogP contribution in [0.4, 0.5) is 0 Å². The number of rotatable bonds is 4. The second kappa shape index (κ2) is 5.32. The molecule has 0 saturated heterocycles. The van der Waals surface area contributed by atoms with Crippen LogP contribution in [0.5, 0.6) is 5.75 Å². The van der Waals surface area contributed by atoms with Gasteiger partial charge in [0, 0.05) is 6.07 Å². The smallest absolute Gasteiger partial charge is 0.173 e. The van der Waals surface area contributed by atoms with Crippen LogP contribution in [-0.4, -0.2) is 34.4 Å². The van der Waals surface area contributed by atoms with Crippen molar-refractivity contribution in [1.29, 1.82) is 0 Å². The molecule has 0 aliphatic rings. The first-order chi connectivity index (χ1) is 8.67. The molecule has 0 fully saturated rings. The number of ether oxygens (including phenoxy) is 1. The number of hydrogen-bond donors (Lipinski definition) is 1. The summed E-state index contributed by atoms with van der Waals surface area (Å²) in [5, 5.41) is 15.3. The summed E-state index contributed by atoms with van der Waals surface area (Å²) in [4.78, 5) is 0. The van der Waals surface area contributed by atoms with Crippen LogP contribution >= 0.6 is 11.6 Å².